The number of carbonyl (C=O) groups excluding carboxylic acids is 1. The van der Waals surface area contributed by atoms with Gasteiger partial charge >= 0.3 is 6.09 Å². The van der Waals surface area contributed by atoms with E-state index < -0.39 is 0 Å². The highest BCUT2D eigenvalue weighted by Crippen LogP contribution is 2.15. The number of halogens is 1. The normalized spacial score (nSPS) is 10.1. The van der Waals surface area contributed by atoms with Gasteiger partial charge in [0.15, 0.2) is 0 Å². The van der Waals surface area contributed by atoms with Gasteiger partial charge in [-0.1, -0.05) is 34.1 Å². The van der Waals surface area contributed by atoms with Crippen LogP contribution in [-0.2, 0) is 11.3 Å². The molecule has 0 aliphatic heterocycles. The summed E-state index contributed by atoms with van der Waals surface area (Å²) in [6.07, 6.45) is -0.482. The number of benzene rings is 1. The van der Waals surface area contributed by atoms with E-state index in [4.69, 9.17) is 4.74 Å². The molecule has 1 rings (SSSR count). The fraction of sp³-hybridized carbons (Fsp3) is 0.364. The second kappa shape index (κ2) is 5.75. The van der Waals surface area contributed by atoms with Gasteiger partial charge in [0, 0.05) is 11.0 Å². The summed E-state index contributed by atoms with van der Waals surface area (Å²) < 4.78 is 5.93. The number of carbonyl (C=O) groups is 1. The topological polar surface area (TPSA) is 38.3 Å². The van der Waals surface area contributed by atoms with Crippen LogP contribution >= 0.6 is 15.9 Å². The summed E-state index contributed by atoms with van der Waals surface area (Å²) in [6, 6.07) is 7.74. The molecule has 0 saturated heterocycles. The second-order valence-electron chi connectivity index (χ2n) is 3.40. The largest absolute Gasteiger partial charge is 0.447 e. The van der Waals surface area contributed by atoms with Gasteiger partial charge < -0.3 is 10.1 Å². The van der Waals surface area contributed by atoms with E-state index in [1.807, 2.05) is 38.1 Å². The van der Waals surface area contributed by atoms with Crippen molar-refractivity contribution in [1.29, 1.82) is 0 Å². The molecule has 3 nitrogen and oxygen atoms in total. The molecule has 82 valence electrons. The maximum atomic E-state index is 11.2. The Hall–Kier alpha value is -1.03. The van der Waals surface area contributed by atoms with Gasteiger partial charge in [-0.25, -0.2) is 4.79 Å². The van der Waals surface area contributed by atoms with E-state index in [1.54, 1.807) is 0 Å². The van der Waals surface area contributed by atoms with E-state index >= 15 is 0 Å². The fourth-order valence-electron chi connectivity index (χ4n) is 1.06. The van der Waals surface area contributed by atoms with Crippen LogP contribution in [0.2, 0.25) is 0 Å². The lowest BCUT2D eigenvalue weighted by Gasteiger charge is -2.10. The molecule has 0 unspecified atom stereocenters. The third-order valence-corrected chi connectivity index (χ3v) is 2.50. The summed E-state index contributed by atoms with van der Waals surface area (Å²) in [5.74, 6) is 0. The molecule has 1 amide bonds. The van der Waals surface area contributed by atoms with Crippen LogP contribution in [-0.4, -0.2) is 12.2 Å². The van der Waals surface area contributed by atoms with Crippen LogP contribution in [0.4, 0.5) is 4.79 Å². The molecule has 0 atom stereocenters. The van der Waals surface area contributed by atoms with E-state index in [1.165, 1.54) is 0 Å². The molecule has 0 heterocycles. The highest BCUT2D eigenvalue weighted by atomic mass is 79.9. The monoisotopic (exact) mass is 271 g/mol. The van der Waals surface area contributed by atoms with Crippen LogP contribution < -0.4 is 5.32 Å². The fourth-order valence-corrected chi connectivity index (χ4v) is 1.49. The minimum Gasteiger partial charge on any atom is -0.447 e. The van der Waals surface area contributed by atoms with Gasteiger partial charge in [0.2, 0.25) is 0 Å². The average Bonchev–Trinajstić information content (AvgIpc) is 2.15. The standard InChI is InChI=1S/C11H14BrNO2/c1-8(2)15-11(14)13-7-9-5-3-4-6-10(9)12/h3-6,8H,7H2,1-2H3,(H,13,14). The van der Waals surface area contributed by atoms with E-state index in [9.17, 15) is 4.79 Å². The van der Waals surface area contributed by atoms with Crippen LogP contribution in [0.5, 0.6) is 0 Å². The van der Waals surface area contributed by atoms with Crippen LogP contribution in [0.1, 0.15) is 19.4 Å². The zero-order chi connectivity index (χ0) is 11.3. The number of alkyl carbamates (subject to hydrolysis) is 1. The van der Waals surface area contributed by atoms with Gasteiger partial charge in [-0.15, -0.1) is 0 Å². The van der Waals surface area contributed by atoms with E-state index in [0.717, 1.165) is 10.0 Å². The summed E-state index contributed by atoms with van der Waals surface area (Å²) in [7, 11) is 0. The van der Waals surface area contributed by atoms with Gasteiger partial charge in [-0.2, -0.15) is 0 Å². The Morgan fingerprint density at radius 2 is 2.13 bits per heavy atom. The molecular weight excluding hydrogens is 258 g/mol. The number of hydrogen-bond donors (Lipinski definition) is 1. The minimum atomic E-state index is -0.388. The first-order chi connectivity index (χ1) is 7.09. The van der Waals surface area contributed by atoms with Gasteiger partial charge in [0.05, 0.1) is 6.10 Å². The predicted molar refractivity (Wildman–Crippen MR) is 62.6 cm³/mol. The first-order valence-electron chi connectivity index (χ1n) is 4.77. The Balaban J connectivity index is 2.44. The van der Waals surface area contributed by atoms with Crippen molar-refractivity contribution in [3.63, 3.8) is 0 Å². The average molecular weight is 272 g/mol. The third kappa shape index (κ3) is 4.34. The van der Waals surface area contributed by atoms with Crippen molar-refractivity contribution in [1.82, 2.24) is 5.32 Å². The van der Waals surface area contributed by atoms with Crippen molar-refractivity contribution in [3.8, 4) is 0 Å². The molecule has 0 fully saturated rings. The van der Waals surface area contributed by atoms with Gasteiger partial charge in [-0.3, -0.25) is 0 Å². The van der Waals surface area contributed by atoms with Crippen molar-refractivity contribution < 1.29 is 9.53 Å². The maximum absolute atomic E-state index is 11.2. The zero-order valence-corrected chi connectivity index (χ0v) is 10.4. The number of ether oxygens (including phenoxy) is 1. The van der Waals surface area contributed by atoms with Crippen LogP contribution in [0.15, 0.2) is 28.7 Å². The molecule has 15 heavy (non-hydrogen) atoms. The smallest absolute Gasteiger partial charge is 0.407 e. The highest BCUT2D eigenvalue weighted by molar-refractivity contribution is 9.10. The number of rotatable bonds is 3. The lowest BCUT2D eigenvalue weighted by Crippen LogP contribution is -2.26. The van der Waals surface area contributed by atoms with Crippen molar-refractivity contribution in [3.05, 3.63) is 34.3 Å². The number of amides is 1. The molecule has 0 radical (unpaired) electrons. The molecule has 0 aromatic heterocycles. The Labute approximate surface area is 97.9 Å². The third-order valence-electron chi connectivity index (χ3n) is 1.72. The first kappa shape index (κ1) is 12.0. The van der Waals surface area contributed by atoms with Crippen molar-refractivity contribution in [2.45, 2.75) is 26.5 Å². The van der Waals surface area contributed by atoms with E-state index in [2.05, 4.69) is 21.2 Å². The molecular formula is C11H14BrNO2. The molecule has 4 heteroatoms. The Kier molecular flexibility index (Phi) is 4.62. The van der Waals surface area contributed by atoms with Gasteiger partial charge in [0.25, 0.3) is 0 Å². The number of nitrogens with one attached hydrogen (secondary N) is 1. The van der Waals surface area contributed by atoms with Crippen LogP contribution in [0.3, 0.4) is 0 Å². The minimum absolute atomic E-state index is 0.0933. The van der Waals surface area contributed by atoms with Crippen LogP contribution in [0.25, 0.3) is 0 Å². The highest BCUT2D eigenvalue weighted by Gasteiger charge is 2.05. The molecule has 0 bridgehead atoms. The van der Waals surface area contributed by atoms with Crippen molar-refractivity contribution in [2.24, 2.45) is 0 Å². The molecule has 1 N–H and O–H groups in total. The summed E-state index contributed by atoms with van der Waals surface area (Å²) >= 11 is 3.41. The van der Waals surface area contributed by atoms with Crippen LogP contribution in [0, 0.1) is 0 Å². The Morgan fingerprint density at radius 3 is 2.73 bits per heavy atom. The van der Waals surface area contributed by atoms with Crippen molar-refractivity contribution in [2.75, 3.05) is 0 Å². The quantitative estimate of drug-likeness (QED) is 0.918. The molecule has 0 spiro atoms. The Bertz CT molecular complexity index is 339. The summed E-state index contributed by atoms with van der Waals surface area (Å²) in [5.41, 5.74) is 1.03. The molecule has 0 aliphatic rings. The lowest BCUT2D eigenvalue weighted by atomic mass is 10.2. The van der Waals surface area contributed by atoms with E-state index in [0.29, 0.717) is 6.54 Å². The molecule has 1 aromatic carbocycles. The summed E-state index contributed by atoms with van der Waals surface area (Å²) in [5, 5.41) is 2.68. The predicted octanol–water partition coefficient (Wildman–Crippen LogP) is 3.08. The summed E-state index contributed by atoms with van der Waals surface area (Å²) in [6.45, 7) is 4.10. The second-order valence-corrected chi connectivity index (χ2v) is 4.25. The molecule has 0 saturated carbocycles. The Morgan fingerprint density at radius 1 is 1.47 bits per heavy atom. The molecule has 0 aliphatic carbocycles. The number of hydrogen-bond acceptors (Lipinski definition) is 2. The molecule has 1 aromatic rings. The lowest BCUT2D eigenvalue weighted by molar-refractivity contribution is 0.115. The van der Waals surface area contributed by atoms with E-state index in [-0.39, 0.29) is 12.2 Å². The van der Waals surface area contributed by atoms with Crippen molar-refractivity contribution >= 4 is 22.0 Å². The zero-order valence-electron chi connectivity index (χ0n) is 8.79. The van der Waals surface area contributed by atoms with Gasteiger partial charge in [0.1, 0.15) is 0 Å². The first-order valence-corrected chi connectivity index (χ1v) is 5.57. The van der Waals surface area contributed by atoms with Gasteiger partial charge in [-0.05, 0) is 25.5 Å². The summed E-state index contributed by atoms with van der Waals surface area (Å²) in [4.78, 5) is 11.2. The maximum Gasteiger partial charge on any atom is 0.407 e. The SMILES string of the molecule is CC(C)OC(=O)NCc1ccccc1Br.